The summed E-state index contributed by atoms with van der Waals surface area (Å²) in [4.78, 5) is 11.2. The molecule has 0 aliphatic heterocycles. The molecular weight excluding hydrogens is 214 g/mol. The lowest BCUT2D eigenvalue weighted by atomic mass is 10.0. The average molecular weight is 235 g/mol. The molecule has 0 fully saturated rings. The van der Waals surface area contributed by atoms with Crippen LogP contribution in [-0.4, -0.2) is 18.6 Å². The van der Waals surface area contributed by atoms with Gasteiger partial charge in [-0.2, -0.15) is 0 Å². The van der Waals surface area contributed by atoms with Crippen molar-refractivity contribution in [3.05, 3.63) is 35.4 Å². The molecule has 0 saturated carbocycles. The summed E-state index contributed by atoms with van der Waals surface area (Å²) >= 11 is 0. The van der Waals surface area contributed by atoms with Crippen molar-refractivity contribution in [3.8, 4) is 0 Å². The van der Waals surface area contributed by atoms with Gasteiger partial charge in [0.15, 0.2) is 0 Å². The van der Waals surface area contributed by atoms with E-state index in [1.54, 1.807) is 0 Å². The molecule has 1 atom stereocenters. The Kier molecular flexibility index (Phi) is 5.70. The van der Waals surface area contributed by atoms with Crippen LogP contribution in [0.15, 0.2) is 24.3 Å². The third-order valence-electron chi connectivity index (χ3n) is 2.64. The van der Waals surface area contributed by atoms with Crippen molar-refractivity contribution in [2.45, 2.75) is 39.2 Å². The van der Waals surface area contributed by atoms with Crippen molar-refractivity contribution in [3.63, 3.8) is 0 Å². The first-order valence-corrected chi connectivity index (χ1v) is 6.08. The molecule has 0 saturated heterocycles. The number of rotatable bonds is 6. The van der Waals surface area contributed by atoms with Crippen LogP contribution in [0, 0.1) is 6.92 Å². The highest BCUT2D eigenvalue weighted by Gasteiger charge is 2.08. The van der Waals surface area contributed by atoms with E-state index >= 15 is 0 Å². The Balaban J connectivity index is 2.31. The predicted molar refractivity (Wildman–Crippen MR) is 68.7 cm³/mol. The molecule has 17 heavy (non-hydrogen) atoms. The van der Waals surface area contributed by atoms with Gasteiger partial charge in [-0.1, -0.05) is 29.8 Å². The van der Waals surface area contributed by atoms with Crippen molar-refractivity contribution in [1.29, 1.82) is 0 Å². The van der Waals surface area contributed by atoms with Gasteiger partial charge < -0.3 is 10.5 Å². The molecule has 1 unspecified atom stereocenters. The lowest BCUT2D eigenvalue weighted by molar-refractivity contribution is -0.143. The van der Waals surface area contributed by atoms with Crippen molar-refractivity contribution in [2.75, 3.05) is 6.61 Å². The molecule has 1 aromatic carbocycles. The first kappa shape index (κ1) is 13.7. The van der Waals surface area contributed by atoms with Gasteiger partial charge in [-0.05, 0) is 32.3 Å². The summed E-state index contributed by atoms with van der Waals surface area (Å²) in [5.74, 6) is -0.160. The second-order valence-corrected chi connectivity index (χ2v) is 4.29. The molecule has 1 aromatic rings. The molecule has 0 heterocycles. The van der Waals surface area contributed by atoms with Crippen LogP contribution in [-0.2, 0) is 16.0 Å². The number of hydrogen-bond acceptors (Lipinski definition) is 3. The molecule has 3 heteroatoms. The van der Waals surface area contributed by atoms with E-state index < -0.39 is 0 Å². The summed E-state index contributed by atoms with van der Waals surface area (Å²) in [7, 11) is 0. The van der Waals surface area contributed by atoms with Crippen molar-refractivity contribution in [1.82, 2.24) is 0 Å². The molecule has 0 amide bonds. The SMILES string of the molecule is CCOC(=O)CCC(N)Cc1ccc(C)cc1. The zero-order valence-electron chi connectivity index (χ0n) is 10.6. The maximum absolute atomic E-state index is 11.2. The van der Waals surface area contributed by atoms with Gasteiger partial charge in [-0.3, -0.25) is 4.79 Å². The van der Waals surface area contributed by atoms with Crippen LogP contribution in [0.5, 0.6) is 0 Å². The van der Waals surface area contributed by atoms with Crippen LogP contribution in [0.4, 0.5) is 0 Å². The molecule has 0 aliphatic carbocycles. The van der Waals surface area contributed by atoms with Crippen LogP contribution in [0.2, 0.25) is 0 Å². The Bertz CT molecular complexity index is 346. The average Bonchev–Trinajstić information content (AvgIpc) is 2.30. The first-order valence-electron chi connectivity index (χ1n) is 6.08. The van der Waals surface area contributed by atoms with E-state index in [4.69, 9.17) is 10.5 Å². The Hall–Kier alpha value is -1.35. The van der Waals surface area contributed by atoms with Crippen molar-refractivity contribution >= 4 is 5.97 Å². The van der Waals surface area contributed by atoms with Gasteiger partial charge in [-0.15, -0.1) is 0 Å². The molecule has 0 bridgehead atoms. The van der Waals surface area contributed by atoms with Gasteiger partial charge in [0.25, 0.3) is 0 Å². The number of aryl methyl sites for hydroxylation is 1. The molecule has 2 N–H and O–H groups in total. The van der Waals surface area contributed by atoms with E-state index in [0.717, 1.165) is 6.42 Å². The monoisotopic (exact) mass is 235 g/mol. The summed E-state index contributed by atoms with van der Waals surface area (Å²) in [5, 5.41) is 0. The Labute approximate surface area is 103 Å². The van der Waals surface area contributed by atoms with Crippen LogP contribution < -0.4 is 5.73 Å². The van der Waals surface area contributed by atoms with Gasteiger partial charge >= 0.3 is 5.97 Å². The molecule has 3 nitrogen and oxygen atoms in total. The highest BCUT2D eigenvalue weighted by atomic mass is 16.5. The number of carbonyl (C=O) groups excluding carboxylic acids is 1. The minimum Gasteiger partial charge on any atom is -0.466 e. The summed E-state index contributed by atoms with van der Waals surface area (Å²) < 4.78 is 4.86. The number of nitrogens with two attached hydrogens (primary N) is 1. The Morgan fingerprint density at radius 2 is 2.00 bits per heavy atom. The quantitative estimate of drug-likeness (QED) is 0.769. The third-order valence-corrected chi connectivity index (χ3v) is 2.64. The van der Waals surface area contributed by atoms with Gasteiger partial charge in [-0.25, -0.2) is 0 Å². The molecule has 0 aliphatic rings. The molecule has 0 radical (unpaired) electrons. The molecule has 94 valence electrons. The topological polar surface area (TPSA) is 52.3 Å². The van der Waals surface area contributed by atoms with E-state index in [9.17, 15) is 4.79 Å². The second-order valence-electron chi connectivity index (χ2n) is 4.29. The van der Waals surface area contributed by atoms with Gasteiger partial charge in [0.1, 0.15) is 0 Å². The summed E-state index contributed by atoms with van der Waals surface area (Å²) in [6.07, 6.45) is 1.88. The molecule has 1 rings (SSSR count). The summed E-state index contributed by atoms with van der Waals surface area (Å²) in [5.41, 5.74) is 8.44. The fourth-order valence-corrected chi connectivity index (χ4v) is 1.67. The normalized spacial score (nSPS) is 12.2. The minimum atomic E-state index is -0.160. The van der Waals surface area contributed by atoms with Gasteiger partial charge in [0.05, 0.1) is 6.61 Å². The Morgan fingerprint density at radius 3 is 2.59 bits per heavy atom. The van der Waals surface area contributed by atoms with E-state index in [1.807, 2.05) is 6.92 Å². The fraction of sp³-hybridized carbons (Fsp3) is 0.500. The largest absolute Gasteiger partial charge is 0.466 e. The minimum absolute atomic E-state index is 0.0158. The number of benzene rings is 1. The highest BCUT2D eigenvalue weighted by molar-refractivity contribution is 5.69. The lowest BCUT2D eigenvalue weighted by Gasteiger charge is -2.11. The van der Waals surface area contributed by atoms with Crippen LogP contribution in [0.3, 0.4) is 0 Å². The second kappa shape index (κ2) is 7.07. The van der Waals surface area contributed by atoms with E-state index in [0.29, 0.717) is 19.4 Å². The molecular formula is C14H21NO2. The van der Waals surface area contributed by atoms with Gasteiger partial charge in [0, 0.05) is 12.5 Å². The van der Waals surface area contributed by atoms with E-state index in [2.05, 4.69) is 31.2 Å². The number of carbonyl (C=O) groups is 1. The smallest absolute Gasteiger partial charge is 0.305 e. The number of esters is 1. The Morgan fingerprint density at radius 1 is 1.35 bits per heavy atom. The number of hydrogen-bond donors (Lipinski definition) is 1. The van der Waals surface area contributed by atoms with Crippen LogP contribution >= 0.6 is 0 Å². The van der Waals surface area contributed by atoms with Crippen molar-refractivity contribution < 1.29 is 9.53 Å². The van der Waals surface area contributed by atoms with Crippen LogP contribution in [0.1, 0.15) is 30.9 Å². The zero-order chi connectivity index (χ0) is 12.7. The number of ether oxygens (including phenoxy) is 1. The van der Waals surface area contributed by atoms with E-state index in [1.165, 1.54) is 11.1 Å². The zero-order valence-corrected chi connectivity index (χ0v) is 10.6. The van der Waals surface area contributed by atoms with Crippen LogP contribution in [0.25, 0.3) is 0 Å². The van der Waals surface area contributed by atoms with E-state index in [-0.39, 0.29) is 12.0 Å². The molecule has 0 spiro atoms. The lowest BCUT2D eigenvalue weighted by Crippen LogP contribution is -2.24. The maximum atomic E-state index is 11.2. The van der Waals surface area contributed by atoms with Gasteiger partial charge in [0.2, 0.25) is 0 Å². The fourth-order valence-electron chi connectivity index (χ4n) is 1.67. The van der Waals surface area contributed by atoms with Crippen molar-refractivity contribution in [2.24, 2.45) is 5.73 Å². The maximum Gasteiger partial charge on any atom is 0.305 e. The predicted octanol–water partition coefficient (Wildman–Crippen LogP) is 2.21. The standard InChI is InChI=1S/C14H21NO2/c1-3-17-14(16)9-8-13(15)10-12-6-4-11(2)5-7-12/h4-7,13H,3,8-10,15H2,1-2H3. The molecule has 0 aromatic heterocycles. The first-order chi connectivity index (χ1) is 8.11. The summed E-state index contributed by atoms with van der Waals surface area (Å²) in [6.45, 7) is 4.31. The third kappa shape index (κ3) is 5.50. The highest BCUT2D eigenvalue weighted by Crippen LogP contribution is 2.08. The summed E-state index contributed by atoms with van der Waals surface area (Å²) in [6, 6.07) is 8.34.